The smallest absolute Gasteiger partial charge is 0.224 e. The topological polar surface area (TPSA) is 53.9 Å². The highest BCUT2D eigenvalue weighted by Gasteiger charge is 2.08. The van der Waals surface area contributed by atoms with E-state index in [2.05, 4.69) is 25.2 Å². The molecule has 0 saturated carbocycles. The molecule has 2 aromatic rings. The van der Waals surface area contributed by atoms with E-state index in [1.165, 1.54) is 4.88 Å². The van der Waals surface area contributed by atoms with Gasteiger partial charge in [0.2, 0.25) is 5.95 Å². The zero-order valence-electron chi connectivity index (χ0n) is 10.8. The van der Waals surface area contributed by atoms with Crippen molar-refractivity contribution in [1.82, 2.24) is 15.0 Å². The molecule has 96 valence electrons. The Labute approximate surface area is 111 Å². The molecule has 1 N–H and O–H groups in total. The number of nitrogens with one attached hydrogen (secondary N) is 1. The Morgan fingerprint density at radius 3 is 2.89 bits per heavy atom. The van der Waals surface area contributed by atoms with Crippen LogP contribution in [0.4, 0.5) is 11.8 Å². The first-order valence-electron chi connectivity index (χ1n) is 5.87. The van der Waals surface area contributed by atoms with Gasteiger partial charge in [-0.25, -0.2) is 9.97 Å². The second-order valence-electron chi connectivity index (χ2n) is 3.99. The maximum Gasteiger partial charge on any atom is 0.224 e. The number of aryl methyl sites for hydroxylation is 1. The number of hydrogen-bond donors (Lipinski definition) is 1. The molecule has 0 atom stereocenters. The van der Waals surface area contributed by atoms with Gasteiger partial charge in [0.25, 0.3) is 0 Å². The van der Waals surface area contributed by atoms with Crippen LogP contribution in [0, 0.1) is 6.92 Å². The molecule has 5 nitrogen and oxygen atoms in total. The number of hydrogen-bond acceptors (Lipinski definition) is 6. The van der Waals surface area contributed by atoms with Gasteiger partial charge in [-0.05, 0) is 19.9 Å². The lowest BCUT2D eigenvalue weighted by Crippen LogP contribution is -2.18. The molecule has 0 unspecified atom stereocenters. The molecule has 0 aliphatic rings. The molecule has 0 amide bonds. The highest BCUT2D eigenvalue weighted by Crippen LogP contribution is 2.18. The van der Waals surface area contributed by atoms with Crippen molar-refractivity contribution in [3.63, 3.8) is 0 Å². The van der Waals surface area contributed by atoms with Crippen molar-refractivity contribution >= 4 is 23.1 Å². The van der Waals surface area contributed by atoms with Crippen LogP contribution in [0.2, 0.25) is 0 Å². The van der Waals surface area contributed by atoms with Gasteiger partial charge in [0.1, 0.15) is 5.82 Å². The summed E-state index contributed by atoms with van der Waals surface area (Å²) in [6.45, 7) is 5.70. The summed E-state index contributed by atoms with van der Waals surface area (Å²) in [4.78, 5) is 16.3. The van der Waals surface area contributed by atoms with Gasteiger partial charge in [-0.3, -0.25) is 0 Å². The highest BCUT2D eigenvalue weighted by atomic mass is 32.1. The molecule has 0 bridgehead atoms. The van der Waals surface area contributed by atoms with Gasteiger partial charge in [0.15, 0.2) is 0 Å². The van der Waals surface area contributed by atoms with Crippen LogP contribution in [0.25, 0.3) is 0 Å². The average Bonchev–Trinajstić information content (AvgIpc) is 2.76. The summed E-state index contributed by atoms with van der Waals surface area (Å²) in [5, 5.41) is 3.11. The Kier molecular flexibility index (Phi) is 4.09. The van der Waals surface area contributed by atoms with E-state index in [9.17, 15) is 0 Å². The third-order valence-corrected chi connectivity index (χ3v) is 3.51. The number of anilines is 2. The Morgan fingerprint density at radius 1 is 1.39 bits per heavy atom. The Bertz CT molecular complexity index is 511. The van der Waals surface area contributed by atoms with Gasteiger partial charge in [-0.15, -0.1) is 11.3 Å². The molecule has 0 saturated heterocycles. The van der Waals surface area contributed by atoms with Crippen molar-refractivity contribution in [2.24, 2.45) is 0 Å². The molecule has 0 fully saturated rings. The van der Waals surface area contributed by atoms with Gasteiger partial charge in [-0.1, -0.05) is 0 Å². The van der Waals surface area contributed by atoms with Crippen molar-refractivity contribution in [3.05, 3.63) is 28.3 Å². The zero-order chi connectivity index (χ0) is 13.0. The largest absolute Gasteiger partial charge is 0.354 e. The van der Waals surface area contributed by atoms with Crippen LogP contribution in [0.15, 0.2) is 17.8 Å². The molecular weight excluding hydrogens is 246 g/mol. The first-order chi connectivity index (χ1) is 8.70. The molecule has 2 heterocycles. The van der Waals surface area contributed by atoms with Crippen LogP contribution in [-0.4, -0.2) is 28.5 Å². The normalized spacial score (nSPS) is 10.4. The summed E-state index contributed by atoms with van der Waals surface area (Å²) < 4.78 is 0. The summed E-state index contributed by atoms with van der Waals surface area (Å²) in [6, 6.07) is 1.91. The zero-order valence-corrected chi connectivity index (χ0v) is 11.7. The summed E-state index contributed by atoms with van der Waals surface area (Å²) in [5.41, 5.74) is 2.97. The standard InChI is InChI=1S/C12H17N5S/c1-4-13-12-14-6-5-11(16-12)17(3)7-10-9(2)15-8-18-10/h5-6,8H,4,7H2,1-3H3,(H,13,14,16). The van der Waals surface area contributed by atoms with Crippen LogP contribution < -0.4 is 10.2 Å². The summed E-state index contributed by atoms with van der Waals surface area (Å²) in [5.74, 6) is 1.58. The SMILES string of the molecule is CCNc1nccc(N(C)Cc2scnc2C)n1. The van der Waals surface area contributed by atoms with Crippen LogP contribution >= 0.6 is 11.3 Å². The highest BCUT2D eigenvalue weighted by molar-refractivity contribution is 7.09. The van der Waals surface area contributed by atoms with E-state index in [4.69, 9.17) is 0 Å². The van der Waals surface area contributed by atoms with Crippen molar-refractivity contribution in [1.29, 1.82) is 0 Å². The molecule has 0 aliphatic heterocycles. The molecule has 2 rings (SSSR count). The number of nitrogens with zero attached hydrogens (tertiary/aromatic N) is 4. The summed E-state index contributed by atoms with van der Waals surface area (Å²) >= 11 is 1.68. The van der Waals surface area contributed by atoms with E-state index in [0.717, 1.165) is 24.6 Å². The Hall–Kier alpha value is -1.69. The quantitative estimate of drug-likeness (QED) is 0.897. The summed E-state index contributed by atoms with van der Waals surface area (Å²) in [7, 11) is 2.03. The molecule has 0 aliphatic carbocycles. The lowest BCUT2D eigenvalue weighted by molar-refractivity contribution is 0.893. The van der Waals surface area contributed by atoms with Gasteiger partial charge in [0, 0.05) is 24.7 Å². The van der Waals surface area contributed by atoms with E-state index >= 15 is 0 Å². The fraction of sp³-hybridized carbons (Fsp3) is 0.417. The molecule has 18 heavy (non-hydrogen) atoms. The van der Waals surface area contributed by atoms with Gasteiger partial charge >= 0.3 is 0 Å². The maximum atomic E-state index is 4.46. The molecule has 6 heteroatoms. The summed E-state index contributed by atoms with van der Waals surface area (Å²) in [6.07, 6.45) is 1.77. The van der Waals surface area contributed by atoms with Gasteiger partial charge < -0.3 is 10.2 Å². The number of thiazole rings is 1. The molecule has 0 spiro atoms. The minimum absolute atomic E-state index is 0.669. The third-order valence-electron chi connectivity index (χ3n) is 2.59. The Balaban J connectivity index is 2.11. The van der Waals surface area contributed by atoms with Crippen molar-refractivity contribution in [2.75, 3.05) is 23.8 Å². The van der Waals surface area contributed by atoms with E-state index in [1.54, 1.807) is 17.5 Å². The Morgan fingerprint density at radius 2 is 2.22 bits per heavy atom. The lowest BCUT2D eigenvalue weighted by Gasteiger charge is -2.17. The maximum absolute atomic E-state index is 4.46. The first kappa shape index (κ1) is 12.8. The lowest BCUT2D eigenvalue weighted by atomic mass is 10.3. The fourth-order valence-corrected chi connectivity index (χ4v) is 2.41. The van der Waals surface area contributed by atoms with E-state index in [0.29, 0.717) is 5.95 Å². The third kappa shape index (κ3) is 2.95. The van der Waals surface area contributed by atoms with Crippen LogP contribution in [0.3, 0.4) is 0 Å². The van der Waals surface area contributed by atoms with Crippen LogP contribution in [0.5, 0.6) is 0 Å². The second-order valence-corrected chi connectivity index (χ2v) is 4.93. The van der Waals surface area contributed by atoms with Crippen LogP contribution in [0.1, 0.15) is 17.5 Å². The van der Waals surface area contributed by atoms with E-state index in [-0.39, 0.29) is 0 Å². The predicted octanol–water partition coefficient (Wildman–Crippen LogP) is 2.31. The van der Waals surface area contributed by atoms with Gasteiger partial charge in [-0.2, -0.15) is 4.98 Å². The van der Waals surface area contributed by atoms with E-state index < -0.39 is 0 Å². The fourth-order valence-electron chi connectivity index (χ4n) is 1.58. The minimum Gasteiger partial charge on any atom is -0.354 e. The van der Waals surface area contributed by atoms with Crippen LogP contribution in [-0.2, 0) is 6.54 Å². The number of rotatable bonds is 5. The molecular formula is C12H17N5S. The van der Waals surface area contributed by atoms with Crippen molar-refractivity contribution in [3.8, 4) is 0 Å². The van der Waals surface area contributed by atoms with Crippen molar-refractivity contribution in [2.45, 2.75) is 20.4 Å². The van der Waals surface area contributed by atoms with Crippen molar-refractivity contribution < 1.29 is 0 Å². The predicted molar refractivity (Wildman–Crippen MR) is 75.2 cm³/mol. The number of aromatic nitrogens is 3. The minimum atomic E-state index is 0.669. The van der Waals surface area contributed by atoms with E-state index in [1.807, 2.05) is 32.5 Å². The molecule has 0 aromatic carbocycles. The first-order valence-corrected chi connectivity index (χ1v) is 6.75. The average molecular weight is 263 g/mol. The van der Waals surface area contributed by atoms with Gasteiger partial charge in [0.05, 0.1) is 17.7 Å². The molecule has 2 aromatic heterocycles. The monoisotopic (exact) mass is 263 g/mol. The molecule has 0 radical (unpaired) electrons. The second kappa shape index (κ2) is 5.77.